The summed E-state index contributed by atoms with van der Waals surface area (Å²) in [6, 6.07) is -0.800. The van der Waals surface area contributed by atoms with E-state index in [9.17, 15) is 35.1 Å². The summed E-state index contributed by atoms with van der Waals surface area (Å²) in [5.74, 6) is -0.499. The van der Waals surface area contributed by atoms with Crippen molar-refractivity contribution in [3.8, 4) is 0 Å². The number of hydrogen-bond donors (Lipinski definition) is 7. The maximum Gasteiger partial charge on any atom is 0.222 e. The van der Waals surface area contributed by atoms with E-state index >= 15 is 0 Å². The number of aliphatic hydroxyl groups excluding tert-OH is 5. The van der Waals surface area contributed by atoms with E-state index in [1.807, 2.05) is 0 Å². The van der Waals surface area contributed by atoms with Gasteiger partial charge in [-0.3, -0.25) is 9.59 Å². The maximum absolute atomic E-state index is 13.3. The Kier molecular flexibility index (Phi) is 43.4. The van der Waals surface area contributed by atoms with Crippen LogP contribution in [0.3, 0.4) is 0 Å². The van der Waals surface area contributed by atoms with Gasteiger partial charge in [0.1, 0.15) is 24.4 Å². The molecule has 1 saturated heterocycles. The molecule has 0 saturated carbocycles. The molecule has 1 fully saturated rings. The van der Waals surface area contributed by atoms with Gasteiger partial charge in [0, 0.05) is 26.5 Å². The number of methoxy groups -OCH3 is 1. The number of rotatable bonds is 49. The van der Waals surface area contributed by atoms with E-state index < -0.39 is 48.8 Å². The van der Waals surface area contributed by atoms with Crippen molar-refractivity contribution in [2.75, 3.05) is 33.5 Å². The van der Waals surface area contributed by atoms with E-state index in [4.69, 9.17) is 14.2 Å². The van der Waals surface area contributed by atoms with Crippen molar-refractivity contribution in [1.29, 1.82) is 0 Å². The Bertz CT molecular complexity index is 1100. The van der Waals surface area contributed by atoms with Crippen molar-refractivity contribution in [1.82, 2.24) is 10.6 Å². The summed E-state index contributed by atoms with van der Waals surface area (Å²) in [6.07, 6.45) is 34.2. The zero-order valence-electron chi connectivity index (χ0n) is 43.6. The Labute approximate surface area is 410 Å². The zero-order chi connectivity index (χ0) is 49.0. The molecule has 0 aromatic heterocycles. The fourth-order valence-electron chi connectivity index (χ4n) is 9.45. The second-order valence-electron chi connectivity index (χ2n) is 20.2. The number of hydrogen-bond acceptors (Lipinski definition) is 10. The number of carbonyl (C=O) groups excluding carboxylic acids is 2. The molecule has 12 heteroatoms. The third kappa shape index (κ3) is 35.4. The summed E-state index contributed by atoms with van der Waals surface area (Å²) in [5, 5.41) is 60.6. The van der Waals surface area contributed by atoms with Crippen LogP contribution in [0, 0.1) is 0 Å². The fourth-order valence-corrected chi connectivity index (χ4v) is 9.45. The highest BCUT2D eigenvalue weighted by Crippen LogP contribution is 2.26. The van der Waals surface area contributed by atoms with E-state index in [0.29, 0.717) is 26.1 Å². The molecule has 0 spiro atoms. The molecule has 67 heavy (non-hydrogen) atoms. The molecule has 8 atom stereocenters. The summed E-state index contributed by atoms with van der Waals surface area (Å²) in [4.78, 5) is 25.7. The molecule has 0 aliphatic carbocycles. The quantitative estimate of drug-likeness (QED) is 0.0289. The van der Waals surface area contributed by atoms with Gasteiger partial charge < -0.3 is 50.4 Å². The molecule has 1 rings (SSSR count). The van der Waals surface area contributed by atoms with Gasteiger partial charge in [-0.1, -0.05) is 219 Å². The van der Waals surface area contributed by atoms with Gasteiger partial charge in [-0.15, -0.1) is 0 Å². The van der Waals surface area contributed by atoms with Gasteiger partial charge in [-0.2, -0.15) is 0 Å². The van der Waals surface area contributed by atoms with E-state index in [1.54, 1.807) is 7.11 Å². The van der Waals surface area contributed by atoms with Gasteiger partial charge in [0.05, 0.1) is 44.2 Å². The molecule has 2 amide bonds. The number of amides is 2. The van der Waals surface area contributed by atoms with Crippen LogP contribution in [0.1, 0.15) is 258 Å². The first kappa shape index (κ1) is 63.6. The van der Waals surface area contributed by atoms with Crippen LogP contribution in [0.5, 0.6) is 0 Å². The predicted molar refractivity (Wildman–Crippen MR) is 273 cm³/mol. The van der Waals surface area contributed by atoms with Gasteiger partial charge in [-0.05, 0) is 25.7 Å². The number of ether oxygens (including phenoxy) is 3. The van der Waals surface area contributed by atoms with E-state index in [0.717, 1.165) is 38.5 Å². The highest BCUT2D eigenvalue weighted by atomic mass is 16.5. The number of nitrogens with one attached hydrogen (secondary N) is 2. The second-order valence-corrected chi connectivity index (χ2v) is 20.2. The van der Waals surface area contributed by atoms with Crippen LogP contribution in [0.15, 0.2) is 0 Å². The van der Waals surface area contributed by atoms with Crippen LogP contribution in [0.25, 0.3) is 0 Å². The number of unbranched alkanes of at least 4 members (excludes halogenated alkanes) is 31. The van der Waals surface area contributed by atoms with Crippen molar-refractivity contribution >= 4 is 11.8 Å². The summed E-state index contributed by atoms with van der Waals surface area (Å²) in [7, 11) is 1.57. The highest BCUT2D eigenvalue weighted by molar-refractivity contribution is 5.76. The van der Waals surface area contributed by atoms with Gasteiger partial charge in [0.25, 0.3) is 0 Å². The Hall–Kier alpha value is -1.38. The average Bonchev–Trinajstić information content (AvgIpc) is 3.32. The smallest absolute Gasteiger partial charge is 0.222 e. The molecule has 0 aromatic carbocycles. The van der Waals surface area contributed by atoms with E-state index in [1.165, 1.54) is 173 Å². The summed E-state index contributed by atoms with van der Waals surface area (Å²) in [5.41, 5.74) is 0. The van der Waals surface area contributed by atoms with Gasteiger partial charge in [-0.25, -0.2) is 0 Å². The Balaban J connectivity index is 2.50. The highest BCUT2D eigenvalue weighted by Gasteiger charge is 2.44. The van der Waals surface area contributed by atoms with Crippen molar-refractivity contribution in [3.05, 3.63) is 0 Å². The van der Waals surface area contributed by atoms with Gasteiger partial charge >= 0.3 is 0 Å². The predicted octanol–water partition coefficient (Wildman–Crippen LogP) is 10.7. The lowest BCUT2D eigenvalue weighted by Gasteiger charge is -2.41. The first-order valence-electron chi connectivity index (χ1n) is 28.3. The monoisotopic (exact) mass is 957 g/mol. The molecular weight excluding hydrogens is 849 g/mol. The third-order valence-electron chi connectivity index (χ3n) is 14.0. The molecule has 0 aromatic rings. The lowest BCUT2D eigenvalue weighted by Crippen LogP contribution is -2.60. The molecular formula is C55H108N2O10. The molecule has 1 aliphatic heterocycles. The van der Waals surface area contributed by atoms with Crippen molar-refractivity contribution in [2.24, 2.45) is 0 Å². The van der Waals surface area contributed by atoms with Gasteiger partial charge in [0.15, 0.2) is 0 Å². The van der Waals surface area contributed by atoms with Crippen LogP contribution < -0.4 is 10.6 Å². The molecule has 398 valence electrons. The summed E-state index contributed by atoms with van der Waals surface area (Å²) >= 11 is 0. The van der Waals surface area contributed by atoms with Crippen molar-refractivity contribution in [3.63, 3.8) is 0 Å². The van der Waals surface area contributed by atoms with E-state index in [-0.39, 0.29) is 44.2 Å². The number of aliphatic hydroxyl groups is 5. The largest absolute Gasteiger partial charge is 0.390 e. The van der Waals surface area contributed by atoms with Crippen LogP contribution in [0.4, 0.5) is 0 Å². The molecule has 0 bridgehead atoms. The Morgan fingerprint density at radius 2 is 0.910 bits per heavy atom. The van der Waals surface area contributed by atoms with Crippen LogP contribution in [-0.2, 0) is 23.8 Å². The molecule has 1 heterocycles. The molecule has 5 unspecified atom stereocenters. The molecule has 7 N–H and O–H groups in total. The average molecular weight is 957 g/mol. The zero-order valence-corrected chi connectivity index (χ0v) is 43.6. The fraction of sp³-hybridized carbons (Fsp3) is 0.964. The summed E-state index contributed by atoms with van der Waals surface area (Å²) < 4.78 is 16.3. The van der Waals surface area contributed by atoms with Crippen LogP contribution >= 0.6 is 0 Å². The summed E-state index contributed by atoms with van der Waals surface area (Å²) in [6.45, 7) is 5.43. The molecule has 1 aliphatic rings. The lowest BCUT2D eigenvalue weighted by atomic mass is 9.89. The third-order valence-corrected chi connectivity index (χ3v) is 14.0. The topological polar surface area (TPSA) is 187 Å². The minimum Gasteiger partial charge on any atom is -0.390 e. The minimum atomic E-state index is -1.52. The lowest BCUT2D eigenvalue weighted by molar-refractivity contribution is -0.222. The maximum atomic E-state index is 13.3. The SMILES string of the molecule is CCCCCCCCCCCCCCCCCCCCCCCC(=O)N[C@@H](CCC1OC(CNC(=O)CCOCCOC)C(O)C(O)C1O)[C@H](O)[C@H](O)CCCCCCCCCCCCCC. The Morgan fingerprint density at radius 1 is 0.493 bits per heavy atom. The molecule has 12 nitrogen and oxygen atoms in total. The van der Waals surface area contributed by atoms with Crippen LogP contribution in [0.2, 0.25) is 0 Å². The first-order chi connectivity index (χ1) is 32.7. The van der Waals surface area contributed by atoms with Gasteiger partial charge in [0.2, 0.25) is 11.8 Å². The number of carbonyl (C=O) groups is 2. The van der Waals surface area contributed by atoms with Crippen LogP contribution in [-0.4, -0.2) is 120 Å². The standard InChI is InChI=1S/C55H108N2O10/c1-4-6-8-10-12-14-16-18-19-20-21-22-23-24-25-26-28-30-32-34-36-38-51(60)57-46(52(61)47(58)37-35-33-31-29-27-17-15-13-11-9-7-5-2)39-40-48-53(62)55(64)54(63)49(67-48)45-56-50(59)41-42-66-44-43-65-3/h46-49,52-55,58,61-64H,4-45H2,1-3H3,(H,56,59)(H,57,60)/t46-,47+,48?,49?,52-,53?,54?,55?/m0/s1. The molecule has 0 radical (unpaired) electrons. The Morgan fingerprint density at radius 3 is 1.36 bits per heavy atom. The first-order valence-corrected chi connectivity index (χ1v) is 28.3. The van der Waals surface area contributed by atoms with Crippen molar-refractivity contribution in [2.45, 2.75) is 307 Å². The normalized spacial score (nSPS) is 19.9. The van der Waals surface area contributed by atoms with E-state index in [2.05, 4.69) is 24.5 Å². The second kappa shape index (κ2) is 45.7. The minimum absolute atomic E-state index is 0.0849. The van der Waals surface area contributed by atoms with Crippen molar-refractivity contribution < 1.29 is 49.3 Å².